The van der Waals surface area contributed by atoms with Gasteiger partial charge in [-0.3, -0.25) is 4.79 Å². The first-order chi connectivity index (χ1) is 8.44. The summed E-state index contributed by atoms with van der Waals surface area (Å²) in [5.41, 5.74) is 0. The van der Waals surface area contributed by atoms with Crippen molar-refractivity contribution in [3.05, 3.63) is 0 Å². The molecule has 2 atom stereocenters. The zero-order valence-electron chi connectivity index (χ0n) is 12.6. The molecule has 2 N–H and O–H groups in total. The van der Waals surface area contributed by atoms with Gasteiger partial charge in [0.2, 0.25) is 15.9 Å². The normalized spacial score (nSPS) is 15.9. The largest absolute Gasteiger partial charge is 0.391 e. The summed E-state index contributed by atoms with van der Waals surface area (Å²) in [6.07, 6.45) is -0.0102. The van der Waals surface area contributed by atoms with Gasteiger partial charge < -0.3 is 10.0 Å². The number of hydrogen-bond acceptors (Lipinski definition) is 4. The van der Waals surface area contributed by atoms with Gasteiger partial charge in [-0.1, -0.05) is 13.3 Å². The standard InChI is InChI=1S/C12H26N2O4S/c1-7-8-9(15)10(11(16)14(5)6)13-19(17,18)12(2,3)4/h9-10,13,15H,7-8H2,1-6H3/t9-,10+/m1/s1. The molecule has 0 unspecified atom stereocenters. The van der Waals surface area contributed by atoms with Gasteiger partial charge >= 0.3 is 0 Å². The van der Waals surface area contributed by atoms with Gasteiger partial charge in [0.1, 0.15) is 6.04 Å². The number of sulfonamides is 1. The molecule has 0 aliphatic rings. The minimum Gasteiger partial charge on any atom is -0.391 e. The lowest BCUT2D eigenvalue weighted by molar-refractivity contribution is -0.133. The molecule has 0 aromatic heterocycles. The van der Waals surface area contributed by atoms with Crippen molar-refractivity contribution < 1.29 is 18.3 Å². The van der Waals surface area contributed by atoms with Crippen molar-refractivity contribution in [2.75, 3.05) is 14.1 Å². The number of aliphatic hydroxyl groups is 1. The summed E-state index contributed by atoms with van der Waals surface area (Å²) in [4.78, 5) is 13.3. The second-order valence-electron chi connectivity index (χ2n) is 5.80. The molecule has 6 nitrogen and oxygen atoms in total. The molecule has 7 heteroatoms. The Hall–Kier alpha value is -0.660. The van der Waals surface area contributed by atoms with Crippen molar-refractivity contribution in [3.8, 4) is 0 Å². The van der Waals surface area contributed by atoms with Gasteiger partial charge in [-0.25, -0.2) is 8.42 Å². The highest BCUT2D eigenvalue weighted by atomic mass is 32.2. The van der Waals surface area contributed by atoms with Crippen molar-refractivity contribution in [2.45, 2.75) is 57.4 Å². The van der Waals surface area contributed by atoms with E-state index in [4.69, 9.17) is 0 Å². The van der Waals surface area contributed by atoms with E-state index in [-0.39, 0.29) is 0 Å². The van der Waals surface area contributed by atoms with Crippen LogP contribution in [0.5, 0.6) is 0 Å². The molecule has 0 spiro atoms. The summed E-state index contributed by atoms with van der Waals surface area (Å²) in [6.45, 7) is 6.48. The Kier molecular flexibility index (Phi) is 6.44. The second-order valence-corrected chi connectivity index (χ2v) is 8.27. The van der Waals surface area contributed by atoms with E-state index in [1.807, 2.05) is 6.92 Å². The van der Waals surface area contributed by atoms with Crippen molar-refractivity contribution in [1.29, 1.82) is 0 Å². The molecule has 0 aromatic rings. The van der Waals surface area contributed by atoms with E-state index in [2.05, 4.69) is 4.72 Å². The lowest BCUT2D eigenvalue weighted by Crippen LogP contribution is -2.55. The molecule has 0 saturated heterocycles. The minimum atomic E-state index is -3.70. The fourth-order valence-corrected chi connectivity index (χ4v) is 2.32. The fourth-order valence-electron chi connectivity index (χ4n) is 1.38. The van der Waals surface area contributed by atoms with Gasteiger partial charge in [0.25, 0.3) is 0 Å². The van der Waals surface area contributed by atoms with Gasteiger partial charge in [0, 0.05) is 14.1 Å². The minimum absolute atomic E-state index is 0.358. The predicted molar refractivity (Wildman–Crippen MR) is 75.2 cm³/mol. The quantitative estimate of drug-likeness (QED) is 0.739. The second kappa shape index (κ2) is 6.67. The maximum atomic E-state index is 12.1. The van der Waals surface area contributed by atoms with Crippen molar-refractivity contribution in [2.24, 2.45) is 0 Å². The van der Waals surface area contributed by atoms with Crippen LogP contribution in [-0.2, 0) is 14.8 Å². The molecule has 0 aliphatic carbocycles. The lowest BCUT2D eigenvalue weighted by atomic mass is 10.1. The summed E-state index contributed by atoms with van der Waals surface area (Å²) < 4.78 is 25.5. The summed E-state index contributed by atoms with van der Waals surface area (Å²) in [5, 5.41) is 9.98. The number of aliphatic hydroxyl groups excluding tert-OH is 1. The zero-order valence-corrected chi connectivity index (χ0v) is 13.4. The van der Waals surface area contributed by atoms with Crippen LogP contribution in [0.2, 0.25) is 0 Å². The molecule has 0 saturated carbocycles. The van der Waals surface area contributed by atoms with Crippen LogP contribution in [0, 0.1) is 0 Å². The molecule has 0 rings (SSSR count). The molecular formula is C12H26N2O4S. The number of likely N-dealkylation sites (N-methyl/N-ethyl adjacent to an activating group) is 1. The number of amides is 1. The van der Waals surface area contributed by atoms with Crippen LogP contribution in [0.25, 0.3) is 0 Å². The Balaban J connectivity index is 5.24. The summed E-state index contributed by atoms with van der Waals surface area (Å²) in [6, 6.07) is -1.14. The van der Waals surface area contributed by atoms with E-state index < -0.39 is 32.8 Å². The van der Waals surface area contributed by atoms with Crippen LogP contribution in [0.4, 0.5) is 0 Å². The summed E-state index contributed by atoms with van der Waals surface area (Å²) >= 11 is 0. The number of hydrogen-bond donors (Lipinski definition) is 2. The van der Waals surface area contributed by atoms with Gasteiger partial charge in [-0.05, 0) is 27.2 Å². The molecule has 0 radical (unpaired) electrons. The number of carbonyl (C=O) groups is 1. The van der Waals surface area contributed by atoms with Crippen LogP contribution in [-0.4, -0.2) is 55.3 Å². The highest BCUT2D eigenvalue weighted by Gasteiger charge is 2.37. The Morgan fingerprint density at radius 1 is 1.32 bits per heavy atom. The van der Waals surface area contributed by atoms with Crippen LogP contribution in [0.1, 0.15) is 40.5 Å². The van der Waals surface area contributed by atoms with E-state index in [0.717, 1.165) is 0 Å². The van der Waals surface area contributed by atoms with Crippen LogP contribution >= 0.6 is 0 Å². The molecule has 19 heavy (non-hydrogen) atoms. The van der Waals surface area contributed by atoms with Gasteiger partial charge in [-0.2, -0.15) is 4.72 Å². The first-order valence-electron chi connectivity index (χ1n) is 6.35. The van der Waals surface area contributed by atoms with Crippen LogP contribution in [0.3, 0.4) is 0 Å². The number of nitrogens with one attached hydrogen (secondary N) is 1. The fraction of sp³-hybridized carbons (Fsp3) is 0.917. The van der Waals surface area contributed by atoms with E-state index >= 15 is 0 Å². The monoisotopic (exact) mass is 294 g/mol. The summed E-state index contributed by atoms with van der Waals surface area (Å²) in [5.74, 6) is -0.450. The Morgan fingerprint density at radius 3 is 2.11 bits per heavy atom. The van der Waals surface area contributed by atoms with Crippen LogP contribution < -0.4 is 4.72 Å². The smallest absolute Gasteiger partial charge is 0.242 e. The SMILES string of the molecule is CCC[C@@H](O)[C@H](NS(=O)(=O)C(C)(C)C)C(=O)N(C)C. The average Bonchev–Trinajstić information content (AvgIpc) is 2.23. The van der Waals surface area contributed by atoms with E-state index in [1.54, 1.807) is 20.8 Å². The van der Waals surface area contributed by atoms with E-state index in [0.29, 0.717) is 12.8 Å². The van der Waals surface area contributed by atoms with E-state index in [9.17, 15) is 18.3 Å². The lowest BCUT2D eigenvalue weighted by Gasteiger charge is -2.29. The third kappa shape index (κ3) is 5.08. The molecular weight excluding hydrogens is 268 g/mol. The zero-order chi connectivity index (χ0) is 15.4. The first-order valence-corrected chi connectivity index (χ1v) is 7.83. The molecule has 0 heterocycles. The molecule has 0 aliphatic heterocycles. The van der Waals surface area contributed by atoms with Gasteiger partial charge in [-0.15, -0.1) is 0 Å². The number of nitrogens with zero attached hydrogens (tertiary/aromatic N) is 1. The molecule has 114 valence electrons. The topological polar surface area (TPSA) is 86.7 Å². The molecule has 0 fully saturated rings. The van der Waals surface area contributed by atoms with Crippen LogP contribution in [0.15, 0.2) is 0 Å². The third-order valence-corrected chi connectivity index (χ3v) is 4.94. The maximum Gasteiger partial charge on any atom is 0.242 e. The van der Waals surface area contributed by atoms with Crippen molar-refractivity contribution in [3.63, 3.8) is 0 Å². The third-order valence-electron chi connectivity index (χ3n) is 2.76. The van der Waals surface area contributed by atoms with E-state index in [1.165, 1.54) is 19.0 Å². The highest BCUT2D eigenvalue weighted by Crippen LogP contribution is 2.16. The number of rotatable bonds is 6. The first kappa shape index (κ1) is 18.3. The number of carbonyl (C=O) groups excluding carboxylic acids is 1. The van der Waals surface area contributed by atoms with Crippen molar-refractivity contribution >= 4 is 15.9 Å². The Bertz CT molecular complexity index is 398. The summed E-state index contributed by atoms with van der Waals surface area (Å²) in [7, 11) is -0.642. The van der Waals surface area contributed by atoms with Gasteiger partial charge in [0.15, 0.2) is 0 Å². The van der Waals surface area contributed by atoms with Gasteiger partial charge in [0.05, 0.1) is 10.9 Å². The maximum absolute atomic E-state index is 12.1. The molecule has 1 amide bonds. The Labute approximate surface area is 116 Å². The average molecular weight is 294 g/mol. The Morgan fingerprint density at radius 2 is 1.79 bits per heavy atom. The highest BCUT2D eigenvalue weighted by molar-refractivity contribution is 7.90. The predicted octanol–water partition coefficient (Wildman–Crippen LogP) is 0.322. The molecule has 0 aromatic carbocycles. The molecule has 0 bridgehead atoms. The van der Waals surface area contributed by atoms with Crippen molar-refractivity contribution in [1.82, 2.24) is 9.62 Å².